The maximum atomic E-state index is 9.09. The smallest absolute Gasteiger partial charge is 0.142 e. The Kier molecular flexibility index (Phi) is 2.83. The second kappa shape index (κ2) is 4.29. The van der Waals surface area contributed by atoms with E-state index in [0.717, 1.165) is 17.1 Å². The van der Waals surface area contributed by atoms with Crippen molar-refractivity contribution >= 4 is 5.82 Å². The second-order valence-corrected chi connectivity index (χ2v) is 3.94. The van der Waals surface area contributed by atoms with Gasteiger partial charge in [-0.15, -0.1) is 0 Å². The number of nitrogens with one attached hydrogen (secondary N) is 2. The summed E-state index contributed by atoms with van der Waals surface area (Å²) in [5, 5.41) is 23.3. The van der Waals surface area contributed by atoms with Crippen molar-refractivity contribution in [2.75, 3.05) is 5.32 Å². The van der Waals surface area contributed by atoms with Crippen molar-refractivity contribution in [1.82, 2.24) is 20.0 Å². The highest BCUT2D eigenvalue weighted by atomic mass is 15.3. The lowest BCUT2D eigenvalue weighted by Crippen LogP contribution is -2.10. The molecule has 6 nitrogen and oxygen atoms in total. The Morgan fingerprint density at radius 1 is 1.59 bits per heavy atom. The molecule has 0 aliphatic heterocycles. The molecular formula is C11H14N6. The molecule has 0 aliphatic rings. The number of aromatic nitrogens is 4. The number of nitrogens with zero attached hydrogens (tertiary/aromatic N) is 4. The van der Waals surface area contributed by atoms with Gasteiger partial charge in [-0.1, -0.05) is 0 Å². The Hall–Kier alpha value is -2.29. The monoisotopic (exact) mass is 230 g/mol. The van der Waals surface area contributed by atoms with Crippen LogP contribution >= 0.6 is 0 Å². The third-order valence-corrected chi connectivity index (χ3v) is 2.71. The van der Waals surface area contributed by atoms with Crippen LogP contribution in [0.3, 0.4) is 0 Å². The van der Waals surface area contributed by atoms with Crippen molar-refractivity contribution in [3.8, 4) is 6.07 Å². The van der Waals surface area contributed by atoms with Gasteiger partial charge in [0.05, 0.1) is 17.9 Å². The zero-order chi connectivity index (χ0) is 12.4. The zero-order valence-corrected chi connectivity index (χ0v) is 10.0. The van der Waals surface area contributed by atoms with Crippen LogP contribution in [0, 0.1) is 18.3 Å². The summed E-state index contributed by atoms with van der Waals surface area (Å²) in [5.74, 6) is 0.735. The number of hydrogen-bond acceptors (Lipinski definition) is 4. The van der Waals surface area contributed by atoms with Crippen LogP contribution in [0.5, 0.6) is 0 Å². The van der Waals surface area contributed by atoms with Gasteiger partial charge in [0, 0.05) is 18.8 Å². The lowest BCUT2D eigenvalue weighted by molar-refractivity contribution is 0.742. The summed E-state index contributed by atoms with van der Waals surface area (Å²) >= 11 is 0. The molecule has 2 rings (SSSR count). The zero-order valence-electron chi connectivity index (χ0n) is 10.0. The van der Waals surface area contributed by atoms with Crippen LogP contribution < -0.4 is 5.32 Å². The quantitative estimate of drug-likeness (QED) is 0.837. The van der Waals surface area contributed by atoms with E-state index < -0.39 is 0 Å². The minimum atomic E-state index is 0.0654. The van der Waals surface area contributed by atoms with E-state index in [2.05, 4.69) is 26.7 Å². The predicted molar refractivity (Wildman–Crippen MR) is 63.3 cm³/mol. The molecule has 0 amide bonds. The summed E-state index contributed by atoms with van der Waals surface area (Å²) in [5.41, 5.74) is 2.35. The molecule has 2 aromatic rings. The van der Waals surface area contributed by atoms with E-state index in [1.807, 2.05) is 27.1 Å². The maximum absolute atomic E-state index is 9.09. The number of H-pyrrole nitrogens is 1. The lowest BCUT2D eigenvalue weighted by atomic mass is 10.2. The Labute approximate surface area is 99.3 Å². The fraction of sp³-hybridized carbons (Fsp3) is 0.364. The van der Waals surface area contributed by atoms with E-state index in [0.29, 0.717) is 5.56 Å². The van der Waals surface area contributed by atoms with Gasteiger partial charge in [0.2, 0.25) is 0 Å². The molecule has 6 heteroatoms. The van der Waals surface area contributed by atoms with Crippen molar-refractivity contribution < 1.29 is 0 Å². The van der Waals surface area contributed by atoms with Crippen LogP contribution in [0.15, 0.2) is 12.4 Å². The third kappa shape index (κ3) is 1.99. The average Bonchev–Trinajstić information content (AvgIpc) is 2.88. The van der Waals surface area contributed by atoms with E-state index in [4.69, 9.17) is 5.26 Å². The van der Waals surface area contributed by atoms with Crippen LogP contribution in [0.25, 0.3) is 0 Å². The maximum Gasteiger partial charge on any atom is 0.142 e. The minimum absolute atomic E-state index is 0.0654. The minimum Gasteiger partial charge on any atom is -0.363 e. The van der Waals surface area contributed by atoms with Gasteiger partial charge in [-0.3, -0.25) is 9.78 Å². The first-order valence-corrected chi connectivity index (χ1v) is 5.32. The number of rotatable bonds is 3. The molecule has 1 unspecified atom stereocenters. The molecular weight excluding hydrogens is 216 g/mol. The van der Waals surface area contributed by atoms with E-state index in [1.54, 1.807) is 10.9 Å². The SMILES string of the molecule is Cc1nn(C)c(NC(C)c2cn[nH]c2)c1C#N. The molecule has 17 heavy (non-hydrogen) atoms. The van der Waals surface area contributed by atoms with Gasteiger partial charge in [0.25, 0.3) is 0 Å². The third-order valence-electron chi connectivity index (χ3n) is 2.71. The van der Waals surface area contributed by atoms with Crippen LogP contribution in [0.1, 0.15) is 29.8 Å². The molecule has 0 saturated heterocycles. The number of aromatic amines is 1. The van der Waals surface area contributed by atoms with E-state index >= 15 is 0 Å². The summed E-state index contributed by atoms with van der Waals surface area (Å²) in [7, 11) is 1.82. The van der Waals surface area contributed by atoms with Crippen LogP contribution in [-0.2, 0) is 7.05 Å². The van der Waals surface area contributed by atoms with Crippen molar-refractivity contribution in [1.29, 1.82) is 5.26 Å². The fourth-order valence-electron chi connectivity index (χ4n) is 1.74. The average molecular weight is 230 g/mol. The first kappa shape index (κ1) is 11.2. The second-order valence-electron chi connectivity index (χ2n) is 3.94. The first-order chi connectivity index (χ1) is 8.13. The van der Waals surface area contributed by atoms with E-state index in [1.165, 1.54) is 0 Å². The molecule has 0 aromatic carbocycles. The van der Waals surface area contributed by atoms with Crippen molar-refractivity contribution in [2.24, 2.45) is 7.05 Å². The molecule has 0 bridgehead atoms. The molecule has 2 N–H and O–H groups in total. The number of hydrogen-bond donors (Lipinski definition) is 2. The molecule has 0 radical (unpaired) electrons. The highest BCUT2D eigenvalue weighted by molar-refractivity contribution is 5.55. The first-order valence-electron chi connectivity index (χ1n) is 5.32. The molecule has 0 saturated carbocycles. The number of nitriles is 1. The predicted octanol–water partition coefficient (Wildman–Crippen LogP) is 1.50. The standard InChI is InChI=1S/C11H14N6/c1-7(9-5-13-14-6-9)15-11-10(4-12)8(2)16-17(11)3/h5-7,15H,1-3H3,(H,13,14). The van der Waals surface area contributed by atoms with Crippen LogP contribution in [0.2, 0.25) is 0 Å². The molecule has 1 atom stereocenters. The van der Waals surface area contributed by atoms with Crippen molar-refractivity contribution in [2.45, 2.75) is 19.9 Å². The summed E-state index contributed by atoms with van der Waals surface area (Å²) < 4.78 is 1.68. The van der Waals surface area contributed by atoms with Gasteiger partial charge in [0.15, 0.2) is 0 Å². The van der Waals surface area contributed by atoms with E-state index in [9.17, 15) is 0 Å². The van der Waals surface area contributed by atoms with Gasteiger partial charge in [0.1, 0.15) is 17.5 Å². The summed E-state index contributed by atoms with van der Waals surface area (Å²) in [4.78, 5) is 0. The molecule has 0 aliphatic carbocycles. The van der Waals surface area contributed by atoms with Crippen molar-refractivity contribution in [3.63, 3.8) is 0 Å². The Bertz CT molecular complexity index is 545. The van der Waals surface area contributed by atoms with Gasteiger partial charge in [-0.05, 0) is 13.8 Å². The summed E-state index contributed by atoms with van der Waals surface area (Å²) in [6.45, 7) is 3.83. The largest absolute Gasteiger partial charge is 0.363 e. The Balaban J connectivity index is 2.28. The normalized spacial score (nSPS) is 12.1. The fourth-order valence-corrected chi connectivity index (χ4v) is 1.74. The van der Waals surface area contributed by atoms with Gasteiger partial charge >= 0.3 is 0 Å². The molecule has 88 valence electrons. The van der Waals surface area contributed by atoms with Crippen molar-refractivity contribution in [3.05, 3.63) is 29.2 Å². The molecule has 2 aromatic heterocycles. The molecule has 0 fully saturated rings. The van der Waals surface area contributed by atoms with E-state index in [-0.39, 0.29) is 6.04 Å². The Morgan fingerprint density at radius 3 is 2.94 bits per heavy atom. The number of aryl methyl sites for hydroxylation is 2. The van der Waals surface area contributed by atoms with Gasteiger partial charge in [-0.2, -0.15) is 15.5 Å². The van der Waals surface area contributed by atoms with Gasteiger partial charge in [-0.25, -0.2) is 0 Å². The lowest BCUT2D eigenvalue weighted by Gasteiger charge is -2.13. The topological polar surface area (TPSA) is 82.3 Å². The summed E-state index contributed by atoms with van der Waals surface area (Å²) in [6.07, 6.45) is 3.58. The van der Waals surface area contributed by atoms with Gasteiger partial charge < -0.3 is 5.32 Å². The van der Waals surface area contributed by atoms with Crippen LogP contribution in [-0.4, -0.2) is 20.0 Å². The highest BCUT2D eigenvalue weighted by Gasteiger charge is 2.15. The molecule has 0 spiro atoms. The molecule has 2 heterocycles. The highest BCUT2D eigenvalue weighted by Crippen LogP contribution is 2.22. The Morgan fingerprint density at radius 2 is 2.35 bits per heavy atom. The number of anilines is 1. The summed E-state index contributed by atoms with van der Waals surface area (Å²) in [6, 6.07) is 2.23. The van der Waals surface area contributed by atoms with Crippen LogP contribution in [0.4, 0.5) is 5.82 Å².